The second-order valence-corrected chi connectivity index (χ2v) is 6.35. The number of amides is 1. The van der Waals surface area contributed by atoms with Gasteiger partial charge in [0.1, 0.15) is 6.04 Å². The molecule has 0 aliphatic heterocycles. The molecule has 1 aromatic heterocycles. The minimum Gasteiger partial charge on any atom is -0.365 e. The second kappa shape index (κ2) is 7.38. The third-order valence-electron chi connectivity index (χ3n) is 3.66. The van der Waals surface area contributed by atoms with E-state index in [1.54, 1.807) is 11.3 Å². The van der Waals surface area contributed by atoms with E-state index in [9.17, 15) is 4.79 Å². The van der Waals surface area contributed by atoms with Crippen LogP contribution in [0.2, 0.25) is 0 Å². The van der Waals surface area contributed by atoms with Crippen molar-refractivity contribution in [3.05, 3.63) is 57.8 Å². The molecule has 4 N–H and O–H groups in total. The van der Waals surface area contributed by atoms with E-state index in [2.05, 4.69) is 42.6 Å². The summed E-state index contributed by atoms with van der Waals surface area (Å²) in [5.41, 5.74) is 7.98. The molecular formula is C17H23N2OS+. The molecule has 4 heteroatoms. The zero-order valence-corrected chi connectivity index (χ0v) is 13.4. The van der Waals surface area contributed by atoms with Gasteiger partial charge >= 0.3 is 0 Å². The highest BCUT2D eigenvalue weighted by Gasteiger charge is 2.23. The zero-order valence-electron chi connectivity index (χ0n) is 12.6. The predicted octanol–water partition coefficient (Wildman–Crippen LogP) is 2.23. The number of nitrogens with two attached hydrogens (primary N) is 2. The number of hydrogen-bond donors (Lipinski definition) is 2. The number of carbonyl (C=O) groups excluding carboxylic acids is 1. The van der Waals surface area contributed by atoms with Gasteiger partial charge in [0, 0.05) is 5.56 Å². The third kappa shape index (κ3) is 4.16. The van der Waals surface area contributed by atoms with E-state index >= 15 is 0 Å². The summed E-state index contributed by atoms with van der Waals surface area (Å²) in [7, 11) is 0. The van der Waals surface area contributed by atoms with Gasteiger partial charge in [-0.15, -0.1) is 11.3 Å². The average molecular weight is 303 g/mol. The molecule has 112 valence electrons. The molecule has 0 unspecified atom stereocenters. The molecule has 0 aliphatic carbocycles. The maximum absolute atomic E-state index is 11.4. The van der Waals surface area contributed by atoms with Crippen molar-refractivity contribution >= 4 is 17.2 Å². The normalized spacial score (nSPS) is 13.8. The van der Waals surface area contributed by atoms with Crippen LogP contribution in [-0.4, -0.2) is 11.9 Å². The standard InChI is InChI=1S/C17H22N2OS/c1-3-5-13-7-9-14(10-8-13)16(15-6-4-11-21-15)19-12(2)17(18)20/h4,6-12,16,19H,3,5H2,1-2H3,(H2,18,20)/p+1/t12-,16+/m1/s1. The molecule has 0 aliphatic rings. The van der Waals surface area contributed by atoms with E-state index in [0.717, 1.165) is 12.8 Å². The van der Waals surface area contributed by atoms with Crippen LogP contribution in [0.3, 0.4) is 0 Å². The number of aryl methyl sites for hydroxylation is 1. The SMILES string of the molecule is CCCc1ccc([C@H]([NH2+][C@H](C)C(N)=O)c2cccs2)cc1. The third-order valence-corrected chi connectivity index (χ3v) is 4.61. The number of thiophene rings is 1. The van der Waals surface area contributed by atoms with Gasteiger partial charge in [0.15, 0.2) is 6.04 Å². The first kappa shape index (κ1) is 15.7. The quantitative estimate of drug-likeness (QED) is 0.809. The topological polar surface area (TPSA) is 59.7 Å². The van der Waals surface area contributed by atoms with Crippen LogP contribution in [-0.2, 0) is 11.2 Å². The van der Waals surface area contributed by atoms with Gasteiger partial charge in [0.2, 0.25) is 0 Å². The fourth-order valence-corrected chi connectivity index (χ4v) is 3.23. The molecule has 0 spiro atoms. The van der Waals surface area contributed by atoms with Crippen molar-refractivity contribution in [2.75, 3.05) is 0 Å². The van der Waals surface area contributed by atoms with E-state index in [1.807, 2.05) is 18.3 Å². The fourth-order valence-electron chi connectivity index (χ4n) is 2.40. The van der Waals surface area contributed by atoms with Crippen LogP contribution in [0.1, 0.15) is 42.3 Å². The molecule has 0 radical (unpaired) electrons. The van der Waals surface area contributed by atoms with Gasteiger partial charge in [0.25, 0.3) is 5.91 Å². The monoisotopic (exact) mass is 303 g/mol. The molecule has 1 heterocycles. The molecule has 2 atom stereocenters. The Kier molecular flexibility index (Phi) is 5.53. The van der Waals surface area contributed by atoms with Crippen LogP contribution in [0.25, 0.3) is 0 Å². The molecule has 1 aromatic carbocycles. The number of quaternary nitrogens is 1. The van der Waals surface area contributed by atoms with E-state index in [4.69, 9.17) is 5.73 Å². The Morgan fingerprint density at radius 3 is 2.52 bits per heavy atom. The Bertz CT molecular complexity index is 563. The highest BCUT2D eigenvalue weighted by Crippen LogP contribution is 2.23. The van der Waals surface area contributed by atoms with Crippen molar-refractivity contribution in [2.24, 2.45) is 5.73 Å². The molecule has 0 saturated heterocycles. The van der Waals surface area contributed by atoms with Crippen LogP contribution in [0.5, 0.6) is 0 Å². The smallest absolute Gasteiger partial charge is 0.275 e. The van der Waals surface area contributed by atoms with Gasteiger partial charge in [-0.2, -0.15) is 0 Å². The zero-order chi connectivity index (χ0) is 15.2. The molecule has 2 rings (SSSR count). The summed E-state index contributed by atoms with van der Waals surface area (Å²) >= 11 is 1.71. The van der Waals surface area contributed by atoms with Crippen LogP contribution < -0.4 is 11.1 Å². The molecular weight excluding hydrogens is 280 g/mol. The maximum Gasteiger partial charge on any atom is 0.275 e. The molecule has 3 nitrogen and oxygen atoms in total. The summed E-state index contributed by atoms with van der Waals surface area (Å²) in [6.07, 6.45) is 2.25. The van der Waals surface area contributed by atoms with Gasteiger partial charge in [0.05, 0.1) is 4.88 Å². The molecule has 0 saturated carbocycles. The first-order valence-corrected chi connectivity index (χ1v) is 8.26. The van der Waals surface area contributed by atoms with Gasteiger partial charge in [-0.1, -0.05) is 43.7 Å². The van der Waals surface area contributed by atoms with Crippen LogP contribution in [0.4, 0.5) is 0 Å². The van der Waals surface area contributed by atoms with Crippen molar-refractivity contribution in [1.29, 1.82) is 0 Å². The van der Waals surface area contributed by atoms with Crippen LogP contribution in [0.15, 0.2) is 41.8 Å². The summed E-state index contributed by atoms with van der Waals surface area (Å²) in [6, 6.07) is 12.7. The minimum atomic E-state index is -0.279. The van der Waals surface area contributed by atoms with E-state index < -0.39 is 0 Å². The van der Waals surface area contributed by atoms with Crippen LogP contribution in [0, 0.1) is 0 Å². The lowest BCUT2D eigenvalue weighted by Gasteiger charge is -2.18. The minimum absolute atomic E-state index is 0.128. The maximum atomic E-state index is 11.4. The first-order chi connectivity index (χ1) is 10.1. The van der Waals surface area contributed by atoms with Crippen molar-refractivity contribution in [3.63, 3.8) is 0 Å². The van der Waals surface area contributed by atoms with Crippen molar-refractivity contribution in [2.45, 2.75) is 38.8 Å². The number of benzene rings is 1. The summed E-state index contributed by atoms with van der Waals surface area (Å²) in [4.78, 5) is 12.6. The highest BCUT2D eigenvalue weighted by molar-refractivity contribution is 7.10. The lowest BCUT2D eigenvalue weighted by molar-refractivity contribution is -0.704. The Morgan fingerprint density at radius 2 is 2.00 bits per heavy atom. The van der Waals surface area contributed by atoms with Gasteiger partial charge in [-0.3, -0.25) is 4.79 Å². The highest BCUT2D eigenvalue weighted by atomic mass is 32.1. The summed E-state index contributed by atoms with van der Waals surface area (Å²) in [5.74, 6) is -0.279. The first-order valence-electron chi connectivity index (χ1n) is 7.38. The van der Waals surface area contributed by atoms with Gasteiger partial charge in [-0.25, -0.2) is 0 Å². The van der Waals surface area contributed by atoms with E-state index in [-0.39, 0.29) is 18.0 Å². The summed E-state index contributed by atoms with van der Waals surface area (Å²) < 4.78 is 0. The second-order valence-electron chi connectivity index (χ2n) is 5.37. The Morgan fingerprint density at radius 1 is 1.29 bits per heavy atom. The molecule has 1 amide bonds. The lowest BCUT2D eigenvalue weighted by Crippen LogP contribution is -2.92. The number of rotatable bonds is 7. The average Bonchev–Trinajstić information content (AvgIpc) is 2.99. The Hall–Kier alpha value is -1.65. The van der Waals surface area contributed by atoms with Crippen molar-refractivity contribution in [3.8, 4) is 0 Å². The molecule has 2 aromatic rings. The Labute approximate surface area is 130 Å². The van der Waals surface area contributed by atoms with Gasteiger partial charge < -0.3 is 11.1 Å². The summed E-state index contributed by atoms with van der Waals surface area (Å²) in [5, 5.41) is 4.11. The number of primary amides is 1. The summed E-state index contributed by atoms with van der Waals surface area (Å²) in [6.45, 7) is 4.04. The van der Waals surface area contributed by atoms with Crippen molar-refractivity contribution < 1.29 is 10.1 Å². The van der Waals surface area contributed by atoms with E-state index in [0.29, 0.717) is 0 Å². The molecule has 0 fully saturated rings. The Balaban J connectivity index is 2.24. The molecule has 0 bridgehead atoms. The number of hydrogen-bond acceptors (Lipinski definition) is 2. The fraction of sp³-hybridized carbons (Fsp3) is 0.353. The lowest BCUT2D eigenvalue weighted by atomic mass is 10.0. The predicted molar refractivity (Wildman–Crippen MR) is 87.2 cm³/mol. The largest absolute Gasteiger partial charge is 0.365 e. The van der Waals surface area contributed by atoms with Crippen molar-refractivity contribution in [1.82, 2.24) is 0 Å². The molecule has 21 heavy (non-hydrogen) atoms. The van der Waals surface area contributed by atoms with Gasteiger partial charge in [-0.05, 0) is 30.4 Å². The van der Waals surface area contributed by atoms with Crippen LogP contribution >= 0.6 is 11.3 Å². The van der Waals surface area contributed by atoms with E-state index in [1.165, 1.54) is 16.0 Å². The number of carbonyl (C=O) groups is 1.